The van der Waals surface area contributed by atoms with Gasteiger partial charge in [-0.2, -0.15) is 0 Å². The molecule has 34 heavy (non-hydrogen) atoms. The van der Waals surface area contributed by atoms with E-state index in [1.165, 1.54) is 11.3 Å². The standard InChI is InChI=1S/C27H32N4O3/c1-30(2)21-14-12-20(13-15-21)24(31-17-16-19-8-5-6-10-23(19)31)18-28-27(32)29-22-9-7-11-25(33-3)26(22)34-4/h5-15,24H,16-18H2,1-4H3,(H2,28,29,32)/t24-/m1/s1. The molecule has 3 aromatic rings. The van der Waals surface area contributed by atoms with Gasteiger partial charge in [0, 0.05) is 38.6 Å². The molecular formula is C27H32N4O3. The minimum absolute atomic E-state index is 0.00202. The fourth-order valence-electron chi connectivity index (χ4n) is 4.43. The van der Waals surface area contributed by atoms with Crippen LogP contribution in [-0.2, 0) is 6.42 Å². The van der Waals surface area contributed by atoms with Crippen LogP contribution in [0.25, 0.3) is 0 Å². The van der Waals surface area contributed by atoms with Crippen molar-refractivity contribution >= 4 is 23.1 Å². The first kappa shape index (κ1) is 23.3. The van der Waals surface area contributed by atoms with Gasteiger partial charge >= 0.3 is 6.03 Å². The Kier molecular flexibility index (Phi) is 7.11. The molecule has 4 rings (SSSR count). The van der Waals surface area contributed by atoms with E-state index in [1.54, 1.807) is 26.4 Å². The van der Waals surface area contributed by atoms with Crippen molar-refractivity contribution in [3.8, 4) is 11.5 Å². The predicted molar refractivity (Wildman–Crippen MR) is 138 cm³/mol. The Balaban J connectivity index is 1.54. The van der Waals surface area contributed by atoms with E-state index in [4.69, 9.17) is 9.47 Å². The lowest BCUT2D eigenvalue weighted by Crippen LogP contribution is -2.39. The van der Waals surface area contributed by atoms with Gasteiger partial charge in [-0.15, -0.1) is 0 Å². The molecule has 0 saturated carbocycles. The molecule has 1 aliphatic heterocycles. The highest BCUT2D eigenvalue weighted by Crippen LogP contribution is 2.36. The molecule has 3 aromatic carbocycles. The molecular weight excluding hydrogens is 428 g/mol. The second kappa shape index (κ2) is 10.4. The summed E-state index contributed by atoms with van der Waals surface area (Å²) in [7, 11) is 7.19. The van der Waals surface area contributed by atoms with Gasteiger partial charge in [-0.05, 0) is 47.9 Å². The Bertz CT molecular complexity index is 1130. The average Bonchev–Trinajstić information content (AvgIpc) is 3.28. The van der Waals surface area contributed by atoms with Crippen LogP contribution in [0, 0.1) is 0 Å². The van der Waals surface area contributed by atoms with Crippen LogP contribution in [0.2, 0.25) is 0 Å². The van der Waals surface area contributed by atoms with Crippen molar-refractivity contribution in [3.05, 3.63) is 77.9 Å². The molecule has 0 bridgehead atoms. The Labute approximate surface area is 201 Å². The van der Waals surface area contributed by atoms with E-state index < -0.39 is 0 Å². The van der Waals surface area contributed by atoms with Gasteiger partial charge in [-0.3, -0.25) is 0 Å². The van der Waals surface area contributed by atoms with Crippen molar-refractivity contribution in [2.45, 2.75) is 12.5 Å². The minimum Gasteiger partial charge on any atom is -0.493 e. The van der Waals surface area contributed by atoms with Gasteiger partial charge in [0.05, 0.1) is 25.9 Å². The topological polar surface area (TPSA) is 66.1 Å². The van der Waals surface area contributed by atoms with E-state index in [9.17, 15) is 4.79 Å². The van der Waals surface area contributed by atoms with E-state index in [2.05, 4.69) is 69.0 Å². The zero-order valence-electron chi connectivity index (χ0n) is 20.2. The summed E-state index contributed by atoms with van der Waals surface area (Å²) < 4.78 is 10.8. The van der Waals surface area contributed by atoms with Crippen LogP contribution < -0.4 is 29.9 Å². The first-order valence-electron chi connectivity index (χ1n) is 11.4. The van der Waals surface area contributed by atoms with Crippen LogP contribution in [0.5, 0.6) is 11.5 Å². The van der Waals surface area contributed by atoms with Crippen LogP contribution in [0.3, 0.4) is 0 Å². The van der Waals surface area contributed by atoms with Crippen molar-refractivity contribution < 1.29 is 14.3 Å². The van der Waals surface area contributed by atoms with E-state index >= 15 is 0 Å². The molecule has 2 N–H and O–H groups in total. The van der Waals surface area contributed by atoms with E-state index in [-0.39, 0.29) is 12.1 Å². The SMILES string of the molecule is COc1cccc(NC(=O)NC[C@H](c2ccc(N(C)C)cc2)N2CCc3ccccc32)c1OC. The summed E-state index contributed by atoms with van der Waals surface area (Å²) in [4.78, 5) is 17.3. The number of nitrogens with one attached hydrogen (secondary N) is 2. The van der Waals surface area contributed by atoms with E-state index in [0.717, 1.165) is 24.2 Å². The zero-order chi connectivity index (χ0) is 24.1. The third-order valence-corrected chi connectivity index (χ3v) is 6.20. The van der Waals surface area contributed by atoms with Crippen LogP contribution in [0.1, 0.15) is 17.2 Å². The number of para-hydroxylation sites is 2. The summed E-state index contributed by atoms with van der Waals surface area (Å²) in [6.07, 6.45) is 0.996. The molecule has 0 aliphatic carbocycles. The van der Waals surface area contributed by atoms with Gasteiger partial charge in [0.2, 0.25) is 0 Å². The summed E-state index contributed by atoms with van der Waals surface area (Å²) in [5.74, 6) is 1.05. The van der Waals surface area contributed by atoms with E-state index in [1.807, 2.05) is 20.2 Å². The smallest absolute Gasteiger partial charge is 0.319 e. The lowest BCUT2D eigenvalue weighted by molar-refractivity contribution is 0.251. The van der Waals surface area contributed by atoms with Crippen LogP contribution in [-0.4, -0.2) is 47.4 Å². The number of hydrogen-bond donors (Lipinski definition) is 2. The second-order valence-corrected chi connectivity index (χ2v) is 8.45. The monoisotopic (exact) mass is 460 g/mol. The number of benzene rings is 3. The number of nitrogens with zero attached hydrogens (tertiary/aromatic N) is 2. The Hall–Kier alpha value is -3.87. The van der Waals surface area contributed by atoms with Gasteiger partial charge in [-0.25, -0.2) is 4.79 Å². The lowest BCUT2D eigenvalue weighted by atomic mass is 10.0. The van der Waals surface area contributed by atoms with Gasteiger partial charge < -0.3 is 29.9 Å². The number of rotatable bonds is 8. The number of methoxy groups -OCH3 is 2. The molecule has 178 valence electrons. The van der Waals surface area contributed by atoms with Crippen LogP contribution in [0.15, 0.2) is 66.7 Å². The highest BCUT2D eigenvalue weighted by Gasteiger charge is 2.27. The minimum atomic E-state index is -0.297. The fraction of sp³-hybridized carbons (Fsp3) is 0.296. The number of anilines is 3. The molecule has 0 spiro atoms. The number of carbonyl (C=O) groups is 1. The highest BCUT2D eigenvalue weighted by molar-refractivity contribution is 5.91. The van der Waals surface area contributed by atoms with Crippen molar-refractivity contribution in [1.82, 2.24) is 5.32 Å². The molecule has 0 aromatic heterocycles. The quantitative estimate of drug-likeness (QED) is 0.510. The van der Waals surface area contributed by atoms with Crippen molar-refractivity contribution in [2.24, 2.45) is 0 Å². The van der Waals surface area contributed by atoms with Crippen LogP contribution >= 0.6 is 0 Å². The van der Waals surface area contributed by atoms with Gasteiger partial charge in [0.25, 0.3) is 0 Å². The first-order valence-corrected chi connectivity index (χ1v) is 11.4. The summed E-state index contributed by atoms with van der Waals surface area (Å²) in [5.41, 5.74) is 5.41. The molecule has 0 saturated heterocycles. The number of urea groups is 1. The average molecular weight is 461 g/mol. The van der Waals surface area contributed by atoms with Gasteiger partial charge in [0.15, 0.2) is 11.5 Å². The Morgan fingerprint density at radius 1 is 1.00 bits per heavy atom. The maximum atomic E-state index is 12.9. The maximum absolute atomic E-state index is 12.9. The largest absolute Gasteiger partial charge is 0.493 e. The Morgan fingerprint density at radius 2 is 1.76 bits per heavy atom. The van der Waals surface area contributed by atoms with Crippen molar-refractivity contribution in [1.29, 1.82) is 0 Å². The number of amides is 2. The van der Waals surface area contributed by atoms with Crippen LogP contribution in [0.4, 0.5) is 21.9 Å². The van der Waals surface area contributed by atoms with Crippen molar-refractivity contribution in [3.63, 3.8) is 0 Å². The summed E-state index contributed by atoms with van der Waals surface area (Å²) in [5, 5.41) is 5.96. The number of ether oxygens (including phenoxy) is 2. The number of fused-ring (bicyclic) bond motifs is 1. The molecule has 0 fully saturated rings. The number of hydrogen-bond acceptors (Lipinski definition) is 5. The third kappa shape index (κ3) is 4.88. The Morgan fingerprint density at radius 3 is 2.47 bits per heavy atom. The lowest BCUT2D eigenvalue weighted by Gasteiger charge is -2.31. The fourth-order valence-corrected chi connectivity index (χ4v) is 4.43. The first-order chi connectivity index (χ1) is 16.5. The molecule has 7 heteroatoms. The predicted octanol–water partition coefficient (Wildman–Crippen LogP) is 4.70. The van der Waals surface area contributed by atoms with Crippen molar-refractivity contribution in [2.75, 3.05) is 56.5 Å². The molecule has 1 atom stereocenters. The maximum Gasteiger partial charge on any atom is 0.319 e. The normalized spacial score (nSPS) is 13.1. The van der Waals surface area contributed by atoms with Gasteiger partial charge in [0.1, 0.15) is 0 Å². The van der Waals surface area contributed by atoms with Gasteiger partial charge in [-0.1, -0.05) is 36.4 Å². The summed E-state index contributed by atoms with van der Waals surface area (Å²) in [6.45, 7) is 1.36. The summed E-state index contributed by atoms with van der Waals surface area (Å²) >= 11 is 0. The third-order valence-electron chi connectivity index (χ3n) is 6.20. The zero-order valence-corrected chi connectivity index (χ0v) is 20.2. The molecule has 2 amide bonds. The van der Waals surface area contributed by atoms with E-state index in [0.29, 0.717) is 23.7 Å². The number of carbonyl (C=O) groups excluding carboxylic acids is 1. The molecule has 0 radical (unpaired) electrons. The highest BCUT2D eigenvalue weighted by atomic mass is 16.5. The molecule has 1 heterocycles. The molecule has 0 unspecified atom stereocenters. The molecule has 7 nitrogen and oxygen atoms in total. The summed E-state index contributed by atoms with van der Waals surface area (Å²) in [6, 6.07) is 22.1. The molecule has 1 aliphatic rings. The second-order valence-electron chi connectivity index (χ2n) is 8.45.